The van der Waals surface area contributed by atoms with Gasteiger partial charge in [-0.05, 0) is 30.3 Å². The van der Waals surface area contributed by atoms with Crippen molar-refractivity contribution in [3.63, 3.8) is 0 Å². The molecule has 1 fully saturated rings. The second kappa shape index (κ2) is 10.2. The van der Waals surface area contributed by atoms with Crippen molar-refractivity contribution in [2.24, 2.45) is 0 Å². The van der Waals surface area contributed by atoms with E-state index in [-0.39, 0.29) is 17.3 Å². The highest BCUT2D eigenvalue weighted by Crippen LogP contribution is 2.21. The molecule has 1 aromatic carbocycles. The van der Waals surface area contributed by atoms with Crippen molar-refractivity contribution >= 4 is 29.2 Å². The topological polar surface area (TPSA) is 91.6 Å². The number of amides is 1. The number of thioether (sulfide) groups is 1. The zero-order chi connectivity index (χ0) is 20.6. The molecule has 0 saturated carbocycles. The number of piperazine rings is 1. The molecule has 1 amide bonds. The number of likely N-dealkylation sites (N-methyl/N-ethyl adjacent to an activating group) is 1. The van der Waals surface area contributed by atoms with Gasteiger partial charge in [0.05, 0.1) is 10.7 Å². The Kier molecular flexibility index (Phi) is 7.42. The maximum atomic E-state index is 12.1. The third-order valence-electron chi connectivity index (χ3n) is 4.86. The molecule has 1 saturated heterocycles. The van der Waals surface area contributed by atoms with Gasteiger partial charge >= 0.3 is 0 Å². The van der Waals surface area contributed by atoms with E-state index in [0.717, 1.165) is 49.0 Å². The number of nitro benzene ring substituents is 1. The molecule has 0 unspecified atom stereocenters. The lowest BCUT2D eigenvalue weighted by atomic mass is 10.2. The number of hydrogen-bond acceptors (Lipinski definition) is 7. The quantitative estimate of drug-likeness (QED) is 0.402. The Morgan fingerprint density at radius 3 is 2.48 bits per heavy atom. The van der Waals surface area contributed by atoms with Crippen LogP contribution in [0.2, 0.25) is 0 Å². The molecule has 1 aliphatic rings. The molecule has 0 spiro atoms. The van der Waals surface area contributed by atoms with Gasteiger partial charge in [0.15, 0.2) is 0 Å². The van der Waals surface area contributed by atoms with Crippen LogP contribution in [0.25, 0.3) is 0 Å². The molecule has 8 nitrogen and oxygen atoms in total. The van der Waals surface area contributed by atoms with Crippen molar-refractivity contribution in [1.29, 1.82) is 0 Å². The van der Waals surface area contributed by atoms with Crippen molar-refractivity contribution in [3.05, 3.63) is 58.3 Å². The van der Waals surface area contributed by atoms with Gasteiger partial charge in [0.25, 0.3) is 5.69 Å². The van der Waals surface area contributed by atoms with Gasteiger partial charge in [-0.2, -0.15) is 0 Å². The van der Waals surface area contributed by atoms with Crippen molar-refractivity contribution in [1.82, 2.24) is 15.2 Å². The molecule has 1 aliphatic heterocycles. The van der Waals surface area contributed by atoms with Gasteiger partial charge in [-0.25, -0.2) is 4.98 Å². The van der Waals surface area contributed by atoms with E-state index in [1.807, 2.05) is 18.3 Å². The molecule has 1 N–H and O–H groups in total. The van der Waals surface area contributed by atoms with E-state index in [1.165, 1.54) is 23.9 Å². The number of nitrogens with zero attached hydrogens (tertiary/aromatic N) is 4. The molecule has 3 rings (SSSR count). The fraction of sp³-hybridized carbons (Fsp3) is 0.400. The SMILES string of the molecule is CCN1CCN(c2ccc(CNC(=O)CSc3ccc([N+](=O)[O-])cc3)cn2)CC1. The molecular weight excluding hydrogens is 390 g/mol. The number of carbonyl (C=O) groups is 1. The zero-order valence-electron chi connectivity index (χ0n) is 16.4. The maximum absolute atomic E-state index is 12.1. The van der Waals surface area contributed by atoms with E-state index >= 15 is 0 Å². The highest BCUT2D eigenvalue weighted by Gasteiger charge is 2.16. The summed E-state index contributed by atoms with van der Waals surface area (Å²) < 4.78 is 0. The second-order valence-corrected chi connectivity index (χ2v) is 7.81. The standard InChI is InChI=1S/C20H25N5O3S/c1-2-23-9-11-24(12-10-23)19-8-3-16(13-21-19)14-22-20(26)15-29-18-6-4-17(5-7-18)25(27)28/h3-8,13H,2,9-12,14-15H2,1H3,(H,22,26). The summed E-state index contributed by atoms with van der Waals surface area (Å²) in [5, 5.41) is 13.5. The van der Waals surface area contributed by atoms with Gasteiger partial charge in [0, 0.05) is 55.9 Å². The summed E-state index contributed by atoms with van der Waals surface area (Å²) in [7, 11) is 0. The van der Waals surface area contributed by atoms with E-state index < -0.39 is 4.92 Å². The molecule has 2 aromatic rings. The van der Waals surface area contributed by atoms with E-state index in [2.05, 4.69) is 27.0 Å². The normalized spacial score (nSPS) is 14.6. The average molecular weight is 416 g/mol. The van der Waals surface area contributed by atoms with Crippen molar-refractivity contribution in [2.45, 2.75) is 18.4 Å². The van der Waals surface area contributed by atoms with Gasteiger partial charge in [-0.1, -0.05) is 13.0 Å². The maximum Gasteiger partial charge on any atom is 0.269 e. The number of benzene rings is 1. The molecule has 0 aliphatic carbocycles. The van der Waals surface area contributed by atoms with Gasteiger partial charge in [-0.3, -0.25) is 14.9 Å². The number of nitro groups is 1. The Labute approximate surface area is 174 Å². The Bertz CT molecular complexity index is 821. The number of carbonyl (C=O) groups excluding carboxylic acids is 1. The van der Waals surface area contributed by atoms with Gasteiger partial charge < -0.3 is 15.1 Å². The van der Waals surface area contributed by atoms with Crippen LogP contribution in [0.1, 0.15) is 12.5 Å². The molecule has 154 valence electrons. The highest BCUT2D eigenvalue weighted by atomic mass is 32.2. The van der Waals surface area contributed by atoms with E-state index in [1.54, 1.807) is 12.1 Å². The lowest BCUT2D eigenvalue weighted by molar-refractivity contribution is -0.384. The number of rotatable bonds is 8. The number of aromatic nitrogens is 1. The first kappa shape index (κ1) is 21.1. The Morgan fingerprint density at radius 2 is 1.90 bits per heavy atom. The number of non-ortho nitro benzene ring substituents is 1. The minimum Gasteiger partial charge on any atom is -0.354 e. The average Bonchev–Trinajstić information content (AvgIpc) is 2.77. The van der Waals surface area contributed by atoms with Crippen LogP contribution < -0.4 is 10.2 Å². The Morgan fingerprint density at radius 1 is 1.17 bits per heavy atom. The van der Waals surface area contributed by atoms with Gasteiger partial charge in [0.2, 0.25) is 5.91 Å². The summed E-state index contributed by atoms with van der Waals surface area (Å²) in [5.41, 5.74) is 0.997. The van der Waals surface area contributed by atoms with Crippen LogP contribution >= 0.6 is 11.8 Å². The van der Waals surface area contributed by atoms with E-state index in [9.17, 15) is 14.9 Å². The first-order chi connectivity index (χ1) is 14.0. The van der Waals surface area contributed by atoms with Gasteiger partial charge in [0.1, 0.15) is 5.82 Å². The van der Waals surface area contributed by atoms with Crippen LogP contribution in [0.15, 0.2) is 47.5 Å². The van der Waals surface area contributed by atoms with Crippen LogP contribution in [-0.4, -0.2) is 59.2 Å². The zero-order valence-corrected chi connectivity index (χ0v) is 17.2. The lowest BCUT2D eigenvalue weighted by Crippen LogP contribution is -2.46. The largest absolute Gasteiger partial charge is 0.354 e. The first-order valence-electron chi connectivity index (χ1n) is 9.61. The van der Waals surface area contributed by atoms with Crippen LogP contribution in [0.3, 0.4) is 0 Å². The van der Waals surface area contributed by atoms with Crippen LogP contribution in [0.4, 0.5) is 11.5 Å². The monoisotopic (exact) mass is 415 g/mol. The third kappa shape index (κ3) is 6.16. The molecule has 1 aromatic heterocycles. The Balaban J connectivity index is 1.41. The molecule has 0 radical (unpaired) electrons. The van der Waals surface area contributed by atoms with Gasteiger partial charge in [-0.15, -0.1) is 11.8 Å². The minimum absolute atomic E-state index is 0.0435. The van der Waals surface area contributed by atoms with E-state index in [0.29, 0.717) is 6.54 Å². The second-order valence-electron chi connectivity index (χ2n) is 6.76. The fourth-order valence-electron chi connectivity index (χ4n) is 3.07. The smallest absolute Gasteiger partial charge is 0.269 e. The number of pyridine rings is 1. The first-order valence-corrected chi connectivity index (χ1v) is 10.6. The molecular formula is C20H25N5O3S. The Hall–Kier alpha value is -2.65. The number of nitrogens with one attached hydrogen (secondary N) is 1. The minimum atomic E-state index is -0.439. The molecule has 2 heterocycles. The summed E-state index contributed by atoms with van der Waals surface area (Å²) in [6.07, 6.45) is 1.81. The van der Waals surface area contributed by atoms with Crippen LogP contribution in [0.5, 0.6) is 0 Å². The van der Waals surface area contributed by atoms with E-state index in [4.69, 9.17) is 0 Å². The predicted molar refractivity (Wildman–Crippen MR) is 114 cm³/mol. The highest BCUT2D eigenvalue weighted by molar-refractivity contribution is 8.00. The summed E-state index contributed by atoms with van der Waals surface area (Å²) in [6, 6.07) is 10.2. The summed E-state index contributed by atoms with van der Waals surface area (Å²) >= 11 is 1.35. The summed E-state index contributed by atoms with van der Waals surface area (Å²) in [4.78, 5) is 32.4. The van der Waals surface area contributed by atoms with Crippen LogP contribution in [-0.2, 0) is 11.3 Å². The fourth-order valence-corrected chi connectivity index (χ4v) is 3.79. The number of hydrogen-bond donors (Lipinski definition) is 1. The molecule has 0 atom stereocenters. The molecule has 29 heavy (non-hydrogen) atoms. The molecule has 9 heteroatoms. The van der Waals surface area contributed by atoms with Crippen LogP contribution in [0, 0.1) is 10.1 Å². The third-order valence-corrected chi connectivity index (χ3v) is 5.87. The summed E-state index contributed by atoms with van der Waals surface area (Å²) in [5.74, 6) is 1.14. The summed E-state index contributed by atoms with van der Waals surface area (Å²) in [6.45, 7) is 7.78. The van der Waals surface area contributed by atoms with Crippen molar-refractivity contribution in [3.8, 4) is 0 Å². The van der Waals surface area contributed by atoms with Crippen molar-refractivity contribution < 1.29 is 9.72 Å². The predicted octanol–water partition coefficient (Wildman–Crippen LogP) is 2.54. The molecule has 0 bridgehead atoms. The number of anilines is 1. The van der Waals surface area contributed by atoms with Crippen molar-refractivity contribution in [2.75, 3.05) is 43.4 Å². The lowest BCUT2D eigenvalue weighted by Gasteiger charge is -2.34.